The average Bonchev–Trinajstić information content (AvgIpc) is 2.59. The van der Waals surface area contributed by atoms with Crippen molar-refractivity contribution in [1.29, 1.82) is 0 Å². The summed E-state index contributed by atoms with van der Waals surface area (Å²) in [4.78, 5) is 24.7. The lowest BCUT2D eigenvalue weighted by molar-refractivity contribution is -0.157. The molecule has 3 rings (SSSR count). The Kier molecular flexibility index (Phi) is 5.36. The monoisotopic (exact) mass is 351 g/mol. The van der Waals surface area contributed by atoms with Crippen LogP contribution in [0.1, 0.15) is 0 Å². The van der Waals surface area contributed by atoms with Gasteiger partial charge in [0.05, 0.1) is 33.4 Å². The minimum atomic E-state index is -0.268. The van der Waals surface area contributed by atoms with Crippen molar-refractivity contribution in [2.24, 2.45) is 0 Å². The molecule has 1 atom stereocenters. The molecule has 0 unspecified atom stereocenters. The van der Waals surface area contributed by atoms with Crippen LogP contribution in [0.15, 0.2) is 12.4 Å². The lowest BCUT2D eigenvalue weighted by atomic mass is 9.90. The molecule has 9 nitrogen and oxygen atoms in total. The van der Waals surface area contributed by atoms with Crippen LogP contribution in [0.5, 0.6) is 5.88 Å². The van der Waals surface area contributed by atoms with Gasteiger partial charge in [-0.15, -0.1) is 0 Å². The van der Waals surface area contributed by atoms with Gasteiger partial charge in [0.2, 0.25) is 11.8 Å². The number of carbonyl (C=O) groups is 1. The van der Waals surface area contributed by atoms with E-state index in [9.17, 15) is 4.79 Å². The summed E-state index contributed by atoms with van der Waals surface area (Å²) in [6.07, 6.45) is 1.49. The summed E-state index contributed by atoms with van der Waals surface area (Å²) in [5.41, 5.74) is -0.254. The lowest BCUT2D eigenvalue weighted by Gasteiger charge is -2.55. The van der Waals surface area contributed by atoms with Crippen molar-refractivity contribution in [3.8, 4) is 5.88 Å². The second kappa shape index (κ2) is 7.51. The van der Waals surface area contributed by atoms with Crippen molar-refractivity contribution in [2.75, 3.05) is 65.6 Å². The number of hydrogen-bond acceptors (Lipinski definition) is 8. The van der Waals surface area contributed by atoms with E-state index < -0.39 is 0 Å². The first-order chi connectivity index (χ1) is 12.1. The number of methoxy groups -OCH3 is 2. The zero-order valence-electron chi connectivity index (χ0n) is 14.9. The molecule has 1 N–H and O–H groups in total. The molecule has 0 aromatic carbocycles. The van der Waals surface area contributed by atoms with Gasteiger partial charge in [-0.1, -0.05) is 0 Å². The Labute approximate surface area is 147 Å². The van der Waals surface area contributed by atoms with Crippen molar-refractivity contribution in [2.45, 2.75) is 11.6 Å². The van der Waals surface area contributed by atoms with Gasteiger partial charge in [0, 0.05) is 26.3 Å². The normalized spacial score (nSPS) is 22.5. The second-order valence-corrected chi connectivity index (χ2v) is 6.48. The highest BCUT2D eigenvalue weighted by Gasteiger charge is 2.50. The van der Waals surface area contributed by atoms with E-state index in [1.54, 1.807) is 14.2 Å². The third-order valence-corrected chi connectivity index (χ3v) is 4.64. The summed E-state index contributed by atoms with van der Waals surface area (Å²) < 4.78 is 16.2. The highest BCUT2D eigenvalue weighted by molar-refractivity contribution is 5.82. The molecule has 0 aliphatic carbocycles. The van der Waals surface area contributed by atoms with Crippen molar-refractivity contribution in [3.05, 3.63) is 12.4 Å². The molecule has 2 fully saturated rings. The van der Waals surface area contributed by atoms with Crippen molar-refractivity contribution >= 4 is 11.7 Å². The third-order valence-electron chi connectivity index (χ3n) is 4.64. The van der Waals surface area contributed by atoms with Gasteiger partial charge < -0.3 is 24.4 Å². The first-order valence-electron chi connectivity index (χ1n) is 8.29. The molecule has 0 saturated carbocycles. The van der Waals surface area contributed by atoms with Gasteiger partial charge in [0.1, 0.15) is 23.8 Å². The summed E-state index contributed by atoms with van der Waals surface area (Å²) in [7, 11) is 5.16. The number of ether oxygens (including phenoxy) is 3. The Hall–Kier alpha value is -1.97. The van der Waals surface area contributed by atoms with Crippen LogP contribution in [0.4, 0.5) is 5.82 Å². The molecule has 0 radical (unpaired) electrons. The Morgan fingerprint density at radius 1 is 1.40 bits per heavy atom. The Morgan fingerprint density at radius 2 is 2.20 bits per heavy atom. The van der Waals surface area contributed by atoms with Crippen LogP contribution in [-0.4, -0.2) is 93.1 Å². The van der Waals surface area contributed by atoms with E-state index >= 15 is 0 Å². The van der Waals surface area contributed by atoms with Crippen LogP contribution >= 0.6 is 0 Å². The summed E-state index contributed by atoms with van der Waals surface area (Å²) in [5, 5.41) is 2.87. The van der Waals surface area contributed by atoms with Crippen LogP contribution in [0.25, 0.3) is 0 Å². The number of morpholine rings is 1. The molecule has 2 aliphatic heterocycles. The number of nitrogens with zero attached hydrogens (tertiary/aromatic N) is 4. The van der Waals surface area contributed by atoms with Gasteiger partial charge >= 0.3 is 0 Å². The number of amides is 1. The molecule has 138 valence electrons. The molecule has 1 spiro atoms. The minimum absolute atomic E-state index is 0.0221. The van der Waals surface area contributed by atoms with E-state index in [-0.39, 0.29) is 17.6 Å². The average molecular weight is 351 g/mol. The van der Waals surface area contributed by atoms with E-state index in [1.165, 1.54) is 6.33 Å². The summed E-state index contributed by atoms with van der Waals surface area (Å²) in [5.74, 6) is 1.34. The molecule has 2 saturated heterocycles. The van der Waals surface area contributed by atoms with E-state index in [0.717, 1.165) is 18.9 Å². The Balaban J connectivity index is 1.53. The van der Waals surface area contributed by atoms with Crippen LogP contribution in [-0.2, 0) is 14.3 Å². The Bertz CT molecular complexity index is 608. The molecule has 9 heteroatoms. The fourth-order valence-corrected chi connectivity index (χ4v) is 3.28. The van der Waals surface area contributed by atoms with Crippen molar-refractivity contribution in [1.82, 2.24) is 20.2 Å². The van der Waals surface area contributed by atoms with Crippen LogP contribution in [0.2, 0.25) is 0 Å². The van der Waals surface area contributed by atoms with Crippen LogP contribution in [0.3, 0.4) is 0 Å². The van der Waals surface area contributed by atoms with Gasteiger partial charge in [-0.3, -0.25) is 9.69 Å². The molecular formula is C16H25N5O4. The zero-order valence-corrected chi connectivity index (χ0v) is 14.9. The lowest BCUT2D eigenvalue weighted by Crippen LogP contribution is -2.72. The smallest absolute Gasteiger partial charge is 0.239 e. The molecular weight excluding hydrogens is 326 g/mol. The fraction of sp³-hybridized carbons (Fsp3) is 0.688. The maximum atomic E-state index is 12.2. The third kappa shape index (κ3) is 3.83. The maximum absolute atomic E-state index is 12.2. The standard InChI is InChI=1S/C16H25N5O4/c1-20-8-16(25-7-12(20)15(22)17-4-5-23-2)9-21(10-16)13-6-14(24-3)19-11-18-13/h6,11-12H,4-5,7-10H2,1-3H3,(H,17,22)/t12-/m1/s1. The number of carbonyl (C=O) groups excluding carboxylic acids is 1. The molecule has 1 aromatic rings. The van der Waals surface area contributed by atoms with Gasteiger partial charge in [0.15, 0.2) is 0 Å². The van der Waals surface area contributed by atoms with E-state index in [2.05, 4.69) is 25.1 Å². The first kappa shape index (κ1) is 17.8. The van der Waals surface area contributed by atoms with Crippen molar-refractivity contribution < 1.29 is 19.0 Å². The molecule has 2 aliphatic rings. The van der Waals surface area contributed by atoms with E-state index in [0.29, 0.717) is 32.2 Å². The van der Waals surface area contributed by atoms with Gasteiger partial charge in [-0.25, -0.2) is 9.97 Å². The highest BCUT2D eigenvalue weighted by atomic mass is 16.5. The largest absolute Gasteiger partial charge is 0.481 e. The van der Waals surface area contributed by atoms with Gasteiger partial charge in [-0.05, 0) is 7.05 Å². The molecule has 0 bridgehead atoms. The predicted molar refractivity (Wildman–Crippen MR) is 90.8 cm³/mol. The maximum Gasteiger partial charge on any atom is 0.239 e. The summed E-state index contributed by atoms with van der Waals surface area (Å²) in [6.45, 7) is 3.56. The summed E-state index contributed by atoms with van der Waals surface area (Å²) >= 11 is 0. The predicted octanol–water partition coefficient (Wildman–Crippen LogP) is -0.863. The fourth-order valence-electron chi connectivity index (χ4n) is 3.28. The van der Waals surface area contributed by atoms with E-state index in [1.807, 2.05) is 13.1 Å². The van der Waals surface area contributed by atoms with Gasteiger partial charge in [-0.2, -0.15) is 0 Å². The number of nitrogens with one attached hydrogen (secondary N) is 1. The topological polar surface area (TPSA) is 89.0 Å². The van der Waals surface area contributed by atoms with E-state index in [4.69, 9.17) is 14.2 Å². The summed E-state index contributed by atoms with van der Waals surface area (Å²) in [6, 6.07) is 1.54. The highest BCUT2D eigenvalue weighted by Crippen LogP contribution is 2.33. The molecule has 3 heterocycles. The number of hydrogen-bond donors (Lipinski definition) is 1. The quantitative estimate of drug-likeness (QED) is 0.662. The van der Waals surface area contributed by atoms with Crippen LogP contribution in [0, 0.1) is 0 Å². The zero-order chi connectivity index (χ0) is 17.9. The number of aromatic nitrogens is 2. The molecule has 1 amide bonds. The number of rotatable bonds is 6. The second-order valence-electron chi connectivity index (χ2n) is 6.48. The Morgan fingerprint density at radius 3 is 2.88 bits per heavy atom. The van der Waals surface area contributed by atoms with Crippen LogP contribution < -0.4 is 15.0 Å². The van der Waals surface area contributed by atoms with Gasteiger partial charge in [0.25, 0.3) is 0 Å². The molecule has 25 heavy (non-hydrogen) atoms. The number of likely N-dealkylation sites (N-methyl/N-ethyl adjacent to an activating group) is 1. The van der Waals surface area contributed by atoms with Crippen molar-refractivity contribution in [3.63, 3.8) is 0 Å². The minimum Gasteiger partial charge on any atom is -0.481 e. The SMILES string of the molecule is COCCNC(=O)[C@H]1COC2(CN(c3cc(OC)ncn3)C2)CN1C. The molecule has 1 aromatic heterocycles. The first-order valence-corrected chi connectivity index (χ1v) is 8.29. The number of anilines is 1.